The van der Waals surface area contributed by atoms with Gasteiger partial charge in [0, 0.05) is 33.1 Å². The second kappa shape index (κ2) is 3.84. The first-order valence-corrected chi connectivity index (χ1v) is 5.43. The monoisotopic (exact) mass is 234 g/mol. The smallest absolute Gasteiger partial charge is 0.407 e. The summed E-state index contributed by atoms with van der Waals surface area (Å²) < 4.78 is 25.6. The number of carbonyl (C=O) groups is 1. The van der Waals surface area contributed by atoms with E-state index in [0.717, 1.165) is 6.92 Å². The average Bonchev–Trinajstić information content (AvgIpc) is 2.56. The molecule has 0 bridgehead atoms. The predicted molar refractivity (Wildman–Crippen MR) is 53.6 cm³/mol. The highest BCUT2D eigenvalue weighted by Crippen LogP contribution is 2.32. The highest BCUT2D eigenvalue weighted by atomic mass is 19.3. The van der Waals surface area contributed by atoms with Gasteiger partial charge in [0.15, 0.2) is 0 Å². The number of hydrogen-bond acceptors (Lipinski definition) is 2. The molecule has 2 fully saturated rings. The number of fused-ring (bicyclic) bond motifs is 1. The number of rotatable bonds is 2. The molecule has 2 unspecified atom stereocenters. The third-order valence-corrected chi connectivity index (χ3v) is 3.33. The fourth-order valence-corrected chi connectivity index (χ4v) is 2.77. The van der Waals surface area contributed by atoms with Crippen molar-refractivity contribution in [3.63, 3.8) is 0 Å². The molecule has 0 aromatic rings. The summed E-state index contributed by atoms with van der Waals surface area (Å²) in [4.78, 5) is 13.9. The van der Waals surface area contributed by atoms with Gasteiger partial charge in [0.05, 0.1) is 6.54 Å². The molecule has 2 rings (SSSR count). The predicted octanol–water partition coefficient (Wildman–Crippen LogP) is 1.18. The lowest BCUT2D eigenvalue weighted by Crippen LogP contribution is -2.37. The number of hydrogen-bond donors (Lipinski definition) is 1. The van der Waals surface area contributed by atoms with Crippen LogP contribution in [0.25, 0.3) is 0 Å². The number of amides is 1. The van der Waals surface area contributed by atoms with E-state index in [1.165, 1.54) is 4.90 Å². The Labute approximate surface area is 92.8 Å². The van der Waals surface area contributed by atoms with Crippen molar-refractivity contribution in [1.29, 1.82) is 0 Å². The van der Waals surface area contributed by atoms with Gasteiger partial charge in [-0.15, -0.1) is 0 Å². The van der Waals surface area contributed by atoms with Crippen molar-refractivity contribution in [2.75, 3.05) is 32.7 Å². The molecule has 2 aliphatic rings. The SMILES string of the molecule is CC(F)(F)CN1CC2CN(C(=O)O)CC2C1. The van der Waals surface area contributed by atoms with Crippen LogP contribution in [0.15, 0.2) is 0 Å². The van der Waals surface area contributed by atoms with Gasteiger partial charge in [-0.1, -0.05) is 0 Å². The molecule has 16 heavy (non-hydrogen) atoms. The molecule has 2 atom stereocenters. The fourth-order valence-electron chi connectivity index (χ4n) is 2.77. The summed E-state index contributed by atoms with van der Waals surface area (Å²) >= 11 is 0. The Morgan fingerprint density at radius 3 is 2.19 bits per heavy atom. The van der Waals surface area contributed by atoms with E-state index in [1.807, 2.05) is 0 Å². The number of halogens is 2. The quantitative estimate of drug-likeness (QED) is 0.780. The normalized spacial score (nSPS) is 30.8. The van der Waals surface area contributed by atoms with Crippen LogP contribution >= 0.6 is 0 Å². The Morgan fingerprint density at radius 1 is 1.31 bits per heavy atom. The summed E-state index contributed by atoms with van der Waals surface area (Å²) in [6.45, 7) is 2.88. The molecule has 6 heteroatoms. The van der Waals surface area contributed by atoms with Crippen molar-refractivity contribution in [2.24, 2.45) is 11.8 Å². The van der Waals surface area contributed by atoms with Crippen molar-refractivity contribution in [3.05, 3.63) is 0 Å². The molecule has 0 aliphatic carbocycles. The standard InChI is InChI=1S/C10H16F2N2O2/c1-10(11,12)6-13-2-7-4-14(9(15)16)5-8(7)3-13/h7-8H,2-6H2,1H3,(H,15,16). The molecule has 2 aliphatic heterocycles. The minimum atomic E-state index is -2.66. The van der Waals surface area contributed by atoms with E-state index in [1.54, 1.807) is 4.90 Å². The van der Waals surface area contributed by atoms with E-state index in [2.05, 4.69) is 0 Å². The zero-order valence-electron chi connectivity index (χ0n) is 9.20. The number of carboxylic acid groups (broad SMARTS) is 1. The van der Waals surface area contributed by atoms with Gasteiger partial charge in [-0.05, 0) is 11.8 Å². The van der Waals surface area contributed by atoms with Crippen LogP contribution in [0.2, 0.25) is 0 Å². The molecule has 1 N–H and O–H groups in total. The molecule has 92 valence electrons. The first-order chi connectivity index (χ1) is 7.35. The van der Waals surface area contributed by atoms with Gasteiger partial charge in [0.25, 0.3) is 5.92 Å². The van der Waals surface area contributed by atoms with Crippen LogP contribution in [0.5, 0.6) is 0 Å². The van der Waals surface area contributed by atoms with E-state index in [0.29, 0.717) is 26.2 Å². The molecule has 0 spiro atoms. The average molecular weight is 234 g/mol. The van der Waals surface area contributed by atoms with Crippen LogP contribution in [-0.2, 0) is 0 Å². The van der Waals surface area contributed by atoms with Crippen LogP contribution < -0.4 is 0 Å². The van der Waals surface area contributed by atoms with Crippen molar-refractivity contribution in [3.8, 4) is 0 Å². The van der Waals surface area contributed by atoms with E-state index in [9.17, 15) is 13.6 Å². The molecule has 2 saturated heterocycles. The van der Waals surface area contributed by atoms with Gasteiger partial charge in [0.1, 0.15) is 0 Å². The summed E-state index contributed by atoms with van der Waals surface area (Å²) in [7, 11) is 0. The highest BCUT2D eigenvalue weighted by Gasteiger charge is 2.43. The molecule has 0 saturated carbocycles. The fraction of sp³-hybridized carbons (Fsp3) is 0.900. The highest BCUT2D eigenvalue weighted by molar-refractivity contribution is 5.65. The topological polar surface area (TPSA) is 43.8 Å². The molecule has 0 radical (unpaired) electrons. The van der Waals surface area contributed by atoms with Crippen LogP contribution in [0.1, 0.15) is 6.92 Å². The summed E-state index contributed by atoms with van der Waals surface area (Å²) in [5.74, 6) is -2.19. The molecule has 1 amide bonds. The third-order valence-electron chi connectivity index (χ3n) is 3.33. The lowest BCUT2D eigenvalue weighted by molar-refractivity contribution is -0.0109. The van der Waals surface area contributed by atoms with Crippen molar-refractivity contribution in [1.82, 2.24) is 9.80 Å². The van der Waals surface area contributed by atoms with Crippen molar-refractivity contribution < 1.29 is 18.7 Å². The molecule has 0 aromatic carbocycles. The Bertz CT molecular complexity index is 279. The summed E-state index contributed by atoms with van der Waals surface area (Å²) in [6.07, 6.45) is -0.901. The maximum atomic E-state index is 12.8. The van der Waals surface area contributed by atoms with E-state index >= 15 is 0 Å². The molecular formula is C10H16F2N2O2. The minimum absolute atomic E-state index is 0.215. The maximum absolute atomic E-state index is 12.8. The van der Waals surface area contributed by atoms with E-state index in [-0.39, 0.29) is 18.4 Å². The van der Waals surface area contributed by atoms with Gasteiger partial charge in [-0.2, -0.15) is 0 Å². The van der Waals surface area contributed by atoms with Gasteiger partial charge in [-0.3, -0.25) is 4.90 Å². The molecule has 0 aromatic heterocycles. The lowest BCUT2D eigenvalue weighted by atomic mass is 10.0. The Morgan fingerprint density at radius 2 is 1.81 bits per heavy atom. The van der Waals surface area contributed by atoms with Crippen LogP contribution in [0.3, 0.4) is 0 Å². The molecular weight excluding hydrogens is 218 g/mol. The Balaban J connectivity index is 1.87. The van der Waals surface area contributed by atoms with Gasteiger partial charge < -0.3 is 10.0 Å². The third kappa shape index (κ3) is 2.42. The second-order valence-corrected chi connectivity index (χ2v) is 4.97. The molecule has 2 heterocycles. The summed E-state index contributed by atoms with van der Waals surface area (Å²) in [6, 6.07) is 0. The summed E-state index contributed by atoms with van der Waals surface area (Å²) in [5, 5.41) is 8.81. The van der Waals surface area contributed by atoms with Gasteiger partial charge in [0.2, 0.25) is 0 Å². The van der Waals surface area contributed by atoms with E-state index < -0.39 is 12.0 Å². The van der Waals surface area contributed by atoms with E-state index in [4.69, 9.17) is 5.11 Å². The maximum Gasteiger partial charge on any atom is 0.407 e. The Hall–Kier alpha value is -0.910. The lowest BCUT2D eigenvalue weighted by Gasteiger charge is -2.22. The first kappa shape index (κ1) is 11.6. The van der Waals surface area contributed by atoms with Crippen LogP contribution in [0, 0.1) is 11.8 Å². The number of nitrogens with zero attached hydrogens (tertiary/aromatic N) is 2. The van der Waals surface area contributed by atoms with Crippen molar-refractivity contribution >= 4 is 6.09 Å². The largest absolute Gasteiger partial charge is 0.465 e. The zero-order chi connectivity index (χ0) is 11.9. The van der Waals surface area contributed by atoms with Gasteiger partial charge >= 0.3 is 6.09 Å². The minimum Gasteiger partial charge on any atom is -0.465 e. The number of likely N-dealkylation sites (tertiary alicyclic amines) is 2. The van der Waals surface area contributed by atoms with Crippen LogP contribution in [0.4, 0.5) is 13.6 Å². The molecule has 4 nitrogen and oxygen atoms in total. The Kier molecular flexibility index (Phi) is 2.77. The second-order valence-electron chi connectivity index (χ2n) is 4.97. The first-order valence-electron chi connectivity index (χ1n) is 5.43. The van der Waals surface area contributed by atoms with Gasteiger partial charge in [-0.25, -0.2) is 13.6 Å². The van der Waals surface area contributed by atoms with Crippen LogP contribution in [-0.4, -0.2) is 59.6 Å². The van der Waals surface area contributed by atoms with Crippen molar-refractivity contribution in [2.45, 2.75) is 12.8 Å². The summed E-state index contributed by atoms with van der Waals surface area (Å²) in [5.41, 5.74) is 0. The zero-order valence-corrected chi connectivity index (χ0v) is 9.20. The number of alkyl halides is 2.